The van der Waals surface area contributed by atoms with Gasteiger partial charge in [0.25, 0.3) is 0 Å². The minimum atomic E-state index is -0.640. The van der Waals surface area contributed by atoms with Crippen molar-refractivity contribution in [2.24, 2.45) is 0 Å². The molecule has 0 atom stereocenters. The maximum Gasteiger partial charge on any atom is 0.224 e. The molecule has 0 fully saturated rings. The van der Waals surface area contributed by atoms with E-state index in [4.69, 9.17) is 5.11 Å². The molecule has 0 aromatic heterocycles. The highest BCUT2D eigenvalue weighted by Crippen LogP contribution is 2.17. The van der Waals surface area contributed by atoms with Crippen molar-refractivity contribution in [3.63, 3.8) is 0 Å². The maximum atomic E-state index is 13.5. The SMILES string of the molecule is CN(CCO)c1ccc(NC(=O)CCc2ccc(F)cc2F)cc1. The van der Waals surface area contributed by atoms with Crippen LogP contribution in [0.15, 0.2) is 42.5 Å². The lowest BCUT2D eigenvalue weighted by Crippen LogP contribution is -2.21. The Labute approximate surface area is 139 Å². The molecule has 0 unspecified atom stereocenters. The van der Waals surface area contributed by atoms with Crippen molar-refractivity contribution in [2.45, 2.75) is 12.8 Å². The van der Waals surface area contributed by atoms with Crippen molar-refractivity contribution in [1.82, 2.24) is 0 Å². The number of amides is 1. The molecule has 2 aromatic carbocycles. The molecule has 2 rings (SSSR count). The molecule has 2 aromatic rings. The molecule has 0 heterocycles. The van der Waals surface area contributed by atoms with Crippen LogP contribution in [0.3, 0.4) is 0 Å². The summed E-state index contributed by atoms with van der Waals surface area (Å²) in [5, 5.41) is 11.7. The predicted molar refractivity (Wildman–Crippen MR) is 90.1 cm³/mol. The highest BCUT2D eigenvalue weighted by molar-refractivity contribution is 5.91. The lowest BCUT2D eigenvalue weighted by atomic mass is 10.1. The van der Waals surface area contributed by atoms with E-state index in [2.05, 4.69) is 5.32 Å². The maximum absolute atomic E-state index is 13.5. The molecule has 0 aliphatic heterocycles. The van der Waals surface area contributed by atoms with Crippen LogP contribution < -0.4 is 10.2 Å². The minimum absolute atomic E-state index is 0.0644. The third-order valence-electron chi connectivity index (χ3n) is 3.66. The third-order valence-corrected chi connectivity index (χ3v) is 3.66. The molecule has 0 spiro atoms. The fourth-order valence-corrected chi connectivity index (χ4v) is 2.27. The van der Waals surface area contributed by atoms with Crippen LogP contribution in [0.5, 0.6) is 0 Å². The number of benzene rings is 2. The number of anilines is 2. The number of halogens is 2. The summed E-state index contributed by atoms with van der Waals surface area (Å²) < 4.78 is 26.4. The Balaban J connectivity index is 1.88. The number of aryl methyl sites for hydroxylation is 1. The second-order valence-electron chi connectivity index (χ2n) is 5.48. The van der Waals surface area contributed by atoms with Gasteiger partial charge in [0.2, 0.25) is 5.91 Å². The lowest BCUT2D eigenvalue weighted by molar-refractivity contribution is -0.116. The summed E-state index contributed by atoms with van der Waals surface area (Å²) in [6.07, 6.45) is 0.310. The Kier molecular flexibility index (Phi) is 6.26. The zero-order valence-electron chi connectivity index (χ0n) is 13.4. The van der Waals surface area contributed by atoms with Gasteiger partial charge in [-0.05, 0) is 42.3 Å². The molecule has 1 amide bonds. The van der Waals surface area contributed by atoms with E-state index in [1.54, 1.807) is 12.1 Å². The first-order valence-corrected chi connectivity index (χ1v) is 7.65. The normalized spacial score (nSPS) is 10.5. The first-order valence-electron chi connectivity index (χ1n) is 7.65. The summed E-state index contributed by atoms with van der Waals surface area (Å²) in [4.78, 5) is 13.8. The van der Waals surface area contributed by atoms with Gasteiger partial charge in [-0.25, -0.2) is 8.78 Å². The van der Waals surface area contributed by atoms with Crippen molar-refractivity contribution >= 4 is 17.3 Å². The van der Waals surface area contributed by atoms with Gasteiger partial charge in [-0.1, -0.05) is 6.07 Å². The van der Waals surface area contributed by atoms with E-state index in [0.29, 0.717) is 17.8 Å². The Bertz CT molecular complexity index is 690. The minimum Gasteiger partial charge on any atom is -0.395 e. The van der Waals surface area contributed by atoms with E-state index in [-0.39, 0.29) is 25.4 Å². The summed E-state index contributed by atoms with van der Waals surface area (Å²) in [6, 6.07) is 10.5. The van der Waals surface area contributed by atoms with Crippen LogP contribution in [0.25, 0.3) is 0 Å². The molecular formula is C18H20F2N2O2. The third kappa shape index (κ3) is 5.03. The highest BCUT2D eigenvalue weighted by Gasteiger charge is 2.08. The van der Waals surface area contributed by atoms with Gasteiger partial charge in [-0.2, -0.15) is 0 Å². The van der Waals surface area contributed by atoms with Crippen molar-refractivity contribution in [1.29, 1.82) is 0 Å². The van der Waals surface area contributed by atoms with Gasteiger partial charge in [0, 0.05) is 37.5 Å². The average molecular weight is 334 g/mol. The zero-order valence-corrected chi connectivity index (χ0v) is 13.4. The first-order chi connectivity index (χ1) is 11.5. The number of carbonyl (C=O) groups is 1. The van der Waals surface area contributed by atoms with E-state index in [1.165, 1.54) is 12.1 Å². The van der Waals surface area contributed by atoms with Crippen molar-refractivity contribution in [2.75, 3.05) is 30.4 Å². The van der Waals surface area contributed by atoms with E-state index >= 15 is 0 Å². The van der Waals surface area contributed by atoms with Gasteiger partial charge in [0.05, 0.1) is 6.61 Å². The molecule has 2 N–H and O–H groups in total. The van der Waals surface area contributed by atoms with Gasteiger partial charge in [0.1, 0.15) is 11.6 Å². The summed E-state index contributed by atoms with van der Waals surface area (Å²) >= 11 is 0. The summed E-state index contributed by atoms with van der Waals surface area (Å²) in [7, 11) is 1.86. The van der Waals surface area contributed by atoms with Crippen molar-refractivity contribution in [3.8, 4) is 0 Å². The number of carbonyl (C=O) groups excluding carboxylic acids is 1. The molecule has 0 radical (unpaired) electrons. The molecule has 0 saturated carbocycles. The monoisotopic (exact) mass is 334 g/mol. The number of aliphatic hydroxyl groups is 1. The first kappa shape index (κ1) is 17.9. The number of likely N-dealkylation sites (N-methyl/N-ethyl adjacent to an activating group) is 1. The number of nitrogens with one attached hydrogen (secondary N) is 1. The van der Waals surface area contributed by atoms with Crippen LogP contribution in [0.4, 0.5) is 20.2 Å². The van der Waals surface area contributed by atoms with E-state index in [0.717, 1.165) is 11.8 Å². The molecule has 0 aliphatic carbocycles. The standard InChI is InChI=1S/C18H20F2N2O2/c1-22(10-11-23)16-7-5-15(6-8-16)21-18(24)9-3-13-2-4-14(19)12-17(13)20/h2,4-8,12,23H,3,9-11H2,1H3,(H,21,24). The molecular weight excluding hydrogens is 314 g/mol. The van der Waals surface area contributed by atoms with E-state index < -0.39 is 11.6 Å². The molecule has 0 aliphatic rings. The van der Waals surface area contributed by atoms with Crippen LogP contribution in [0, 0.1) is 11.6 Å². The van der Waals surface area contributed by atoms with Crippen molar-refractivity contribution < 1.29 is 18.7 Å². The molecule has 128 valence electrons. The molecule has 0 saturated heterocycles. The smallest absolute Gasteiger partial charge is 0.224 e. The Morgan fingerprint density at radius 2 is 1.88 bits per heavy atom. The lowest BCUT2D eigenvalue weighted by Gasteiger charge is -2.18. The fourth-order valence-electron chi connectivity index (χ4n) is 2.27. The fraction of sp³-hybridized carbons (Fsp3) is 0.278. The largest absolute Gasteiger partial charge is 0.395 e. The van der Waals surface area contributed by atoms with Crippen LogP contribution in [0.2, 0.25) is 0 Å². The van der Waals surface area contributed by atoms with Gasteiger partial charge in [-0.3, -0.25) is 4.79 Å². The van der Waals surface area contributed by atoms with E-state index in [9.17, 15) is 13.6 Å². The van der Waals surface area contributed by atoms with Gasteiger partial charge in [0.15, 0.2) is 0 Å². The number of rotatable bonds is 7. The van der Waals surface area contributed by atoms with Gasteiger partial charge >= 0.3 is 0 Å². The Morgan fingerprint density at radius 3 is 2.50 bits per heavy atom. The van der Waals surface area contributed by atoms with E-state index in [1.807, 2.05) is 24.1 Å². The van der Waals surface area contributed by atoms with Crippen LogP contribution in [-0.4, -0.2) is 31.2 Å². The molecule has 0 bridgehead atoms. The summed E-state index contributed by atoms with van der Waals surface area (Å²) in [5.74, 6) is -1.51. The topological polar surface area (TPSA) is 52.6 Å². The van der Waals surface area contributed by atoms with Gasteiger partial charge < -0.3 is 15.3 Å². The number of hydrogen-bond acceptors (Lipinski definition) is 3. The summed E-state index contributed by atoms with van der Waals surface area (Å²) in [5.41, 5.74) is 1.88. The van der Waals surface area contributed by atoms with Gasteiger partial charge in [-0.15, -0.1) is 0 Å². The number of aliphatic hydroxyl groups excluding tert-OH is 1. The predicted octanol–water partition coefficient (Wildman–Crippen LogP) is 2.96. The zero-order chi connectivity index (χ0) is 17.5. The number of nitrogens with zero attached hydrogens (tertiary/aromatic N) is 1. The Morgan fingerprint density at radius 1 is 1.17 bits per heavy atom. The quantitative estimate of drug-likeness (QED) is 0.818. The second kappa shape index (κ2) is 8.40. The second-order valence-corrected chi connectivity index (χ2v) is 5.48. The number of hydrogen-bond donors (Lipinski definition) is 2. The van der Waals surface area contributed by atoms with Crippen molar-refractivity contribution in [3.05, 3.63) is 59.7 Å². The summed E-state index contributed by atoms with van der Waals surface area (Å²) in [6.45, 7) is 0.587. The van der Waals surface area contributed by atoms with Crippen LogP contribution in [-0.2, 0) is 11.2 Å². The van der Waals surface area contributed by atoms with Crippen LogP contribution in [0.1, 0.15) is 12.0 Å². The average Bonchev–Trinajstić information content (AvgIpc) is 2.55. The molecule has 4 nitrogen and oxygen atoms in total. The molecule has 6 heteroatoms. The van der Waals surface area contributed by atoms with Crippen LogP contribution >= 0.6 is 0 Å². The Hall–Kier alpha value is -2.47. The molecule has 24 heavy (non-hydrogen) atoms. The highest BCUT2D eigenvalue weighted by atomic mass is 19.1.